The number of H-pyrrole nitrogens is 1. The highest BCUT2D eigenvalue weighted by Gasteiger charge is 2.45. The molecule has 166 valence electrons. The number of nitrogens with one attached hydrogen (secondary N) is 1. The fraction of sp³-hybridized carbons (Fsp3) is 0.385. The average molecular weight is 432 g/mol. The van der Waals surface area contributed by atoms with Crippen molar-refractivity contribution in [2.24, 2.45) is 0 Å². The Bertz CT molecular complexity index is 1100. The number of amides is 1. The minimum absolute atomic E-state index is 0.0402. The van der Waals surface area contributed by atoms with E-state index in [-0.39, 0.29) is 18.0 Å². The Balaban J connectivity index is 1.66. The molecule has 3 aromatic rings. The zero-order valence-corrected chi connectivity index (χ0v) is 18.6. The topological polar surface area (TPSA) is 67.5 Å². The second kappa shape index (κ2) is 8.69. The average Bonchev–Trinajstić information content (AvgIpc) is 3.54. The van der Waals surface area contributed by atoms with Crippen LogP contribution in [0.15, 0.2) is 48.5 Å². The van der Waals surface area contributed by atoms with E-state index >= 15 is 0 Å². The summed E-state index contributed by atoms with van der Waals surface area (Å²) in [6.07, 6.45) is 4.39. The Morgan fingerprint density at radius 1 is 1.00 bits per heavy atom. The van der Waals surface area contributed by atoms with Gasteiger partial charge in [0.05, 0.1) is 24.9 Å². The monoisotopic (exact) mass is 431 g/mol. The molecule has 0 radical (unpaired) electrons. The van der Waals surface area contributed by atoms with E-state index in [0.717, 1.165) is 53.8 Å². The summed E-state index contributed by atoms with van der Waals surface area (Å²) >= 11 is 0. The van der Waals surface area contributed by atoms with Crippen LogP contribution in [0.1, 0.15) is 67.2 Å². The first kappa shape index (κ1) is 20.6. The summed E-state index contributed by atoms with van der Waals surface area (Å²) in [7, 11) is 0. The molecule has 1 atom stereocenters. The maximum Gasteiger partial charge on any atom is 0.273 e. The number of fused-ring (bicyclic) bond motifs is 1. The molecule has 1 fully saturated rings. The van der Waals surface area contributed by atoms with Gasteiger partial charge in [-0.2, -0.15) is 5.10 Å². The van der Waals surface area contributed by atoms with Gasteiger partial charge in [-0.15, -0.1) is 0 Å². The van der Waals surface area contributed by atoms with Crippen LogP contribution in [-0.2, 0) is 0 Å². The van der Waals surface area contributed by atoms with Crippen molar-refractivity contribution in [1.29, 1.82) is 0 Å². The summed E-state index contributed by atoms with van der Waals surface area (Å²) in [5.41, 5.74) is 4.43. The Hall–Kier alpha value is -3.28. The summed E-state index contributed by atoms with van der Waals surface area (Å²) in [6.45, 7) is 5.05. The van der Waals surface area contributed by atoms with Crippen molar-refractivity contribution in [2.75, 3.05) is 13.2 Å². The van der Waals surface area contributed by atoms with Crippen molar-refractivity contribution in [2.45, 2.75) is 51.6 Å². The molecule has 6 heteroatoms. The van der Waals surface area contributed by atoms with Crippen molar-refractivity contribution in [1.82, 2.24) is 15.1 Å². The van der Waals surface area contributed by atoms with Crippen LogP contribution in [0.2, 0.25) is 0 Å². The molecule has 0 spiro atoms. The van der Waals surface area contributed by atoms with Gasteiger partial charge in [0.25, 0.3) is 5.91 Å². The molecule has 1 N–H and O–H groups in total. The van der Waals surface area contributed by atoms with Crippen LogP contribution in [0.4, 0.5) is 0 Å². The van der Waals surface area contributed by atoms with E-state index in [9.17, 15) is 4.79 Å². The molecule has 1 aliphatic heterocycles. The molecular formula is C26H29N3O3. The highest BCUT2D eigenvalue weighted by atomic mass is 16.5. The normalized spacial score (nSPS) is 18.2. The van der Waals surface area contributed by atoms with Gasteiger partial charge in [0.1, 0.15) is 5.69 Å². The molecule has 0 saturated heterocycles. The summed E-state index contributed by atoms with van der Waals surface area (Å²) < 4.78 is 11.7. The molecule has 0 bridgehead atoms. The Kier molecular flexibility index (Phi) is 5.60. The first-order chi connectivity index (χ1) is 15.7. The van der Waals surface area contributed by atoms with Gasteiger partial charge < -0.3 is 14.4 Å². The van der Waals surface area contributed by atoms with Gasteiger partial charge in [-0.3, -0.25) is 9.89 Å². The van der Waals surface area contributed by atoms with Crippen LogP contribution >= 0.6 is 0 Å². The third kappa shape index (κ3) is 3.44. The molecule has 2 heterocycles. The lowest BCUT2D eigenvalue weighted by Crippen LogP contribution is -2.37. The summed E-state index contributed by atoms with van der Waals surface area (Å²) in [5.74, 6) is 1.48. The second-order valence-electron chi connectivity index (χ2n) is 8.35. The molecule has 6 nitrogen and oxygen atoms in total. The molecule has 1 unspecified atom stereocenters. The minimum atomic E-state index is -0.204. The lowest BCUT2D eigenvalue weighted by molar-refractivity contribution is 0.0660. The smallest absolute Gasteiger partial charge is 0.273 e. The van der Waals surface area contributed by atoms with Gasteiger partial charge in [-0.05, 0) is 44.4 Å². The van der Waals surface area contributed by atoms with E-state index in [2.05, 4.69) is 21.2 Å². The molecule has 5 rings (SSSR count). The number of carbonyl (C=O) groups excluding carboxylic acids is 1. The summed E-state index contributed by atoms with van der Waals surface area (Å²) in [5, 5.41) is 7.63. The molecule has 32 heavy (non-hydrogen) atoms. The third-order valence-corrected chi connectivity index (χ3v) is 6.45. The number of aromatic nitrogens is 2. The number of carbonyl (C=O) groups is 1. The molecule has 1 saturated carbocycles. The Morgan fingerprint density at radius 3 is 2.44 bits per heavy atom. The predicted octanol–water partition coefficient (Wildman–Crippen LogP) is 5.36. The summed E-state index contributed by atoms with van der Waals surface area (Å²) in [6, 6.07) is 16.2. The van der Waals surface area contributed by atoms with E-state index in [1.807, 2.05) is 56.3 Å². The zero-order chi connectivity index (χ0) is 22.1. The number of nitrogens with zero attached hydrogens (tertiary/aromatic N) is 2. The number of rotatable bonds is 7. The molecule has 1 aromatic heterocycles. The van der Waals surface area contributed by atoms with E-state index in [1.165, 1.54) is 0 Å². The van der Waals surface area contributed by atoms with Gasteiger partial charge >= 0.3 is 0 Å². The first-order valence-electron chi connectivity index (χ1n) is 11.6. The van der Waals surface area contributed by atoms with Crippen molar-refractivity contribution < 1.29 is 14.3 Å². The van der Waals surface area contributed by atoms with Crippen molar-refractivity contribution >= 4 is 5.91 Å². The van der Waals surface area contributed by atoms with Crippen molar-refractivity contribution in [3.63, 3.8) is 0 Å². The predicted molar refractivity (Wildman–Crippen MR) is 123 cm³/mol. The first-order valence-corrected chi connectivity index (χ1v) is 11.6. The maximum absolute atomic E-state index is 13.6. The zero-order valence-electron chi connectivity index (χ0n) is 18.6. The lowest BCUT2D eigenvalue weighted by Gasteiger charge is -2.32. The highest BCUT2D eigenvalue weighted by Crippen LogP contribution is 2.47. The highest BCUT2D eigenvalue weighted by molar-refractivity contribution is 6.00. The SMILES string of the molecule is CCOc1ccc(C2c3c(-c4ccccc4)n[nH]c3C(=O)N2C2CCCC2)cc1OCC. The van der Waals surface area contributed by atoms with Crippen LogP contribution in [-0.4, -0.2) is 40.3 Å². The fourth-order valence-electron chi connectivity index (χ4n) is 5.11. The third-order valence-electron chi connectivity index (χ3n) is 6.45. The lowest BCUT2D eigenvalue weighted by atomic mass is 9.95. The standard InChI is InChI=1S/C26H29N3O3/c1-3-31-20-15-14-18(16-21(20)32-4-2)25-22-23(17-10-6-5-7-11-17)27-28-24(22)26(30)29(25)19-12-8-9-13-19/h5-7,10-11,14-16,19,25H,3-4,8-9,12-13H2,1-2H3,(H,27,28). The molecular weight excluding hydrogens is 402 g/mol. The van der Waals surface area contributed by atoms with E-state index < -0.39 is 0 Å². The van der Waals surface area contributed by atoms with Gasteiger partial charge in [0.15, 0.2) is 11.5 Å². The van der Waals surface area contributed by atoms with Crippen molar-refractivity contribution in [3.8, 4) is 22.8 Å². The number of hydrogen-bond acceptors (Lipinski definition) is 4. The quantitative estimate of drug-likeness (QED) is 0.547. The van der Waals surface area contributed by atoms with Gasteiger partial charge in [-0.1, -0.05) is 49.2 Å². The van der Waals surface area contributed by atoms with E-state index in [4.69, 9.17) is 9.47 Å². The minimum Gasteiger partial charge on any atom is -0.490 e. The van der Waals surface area contributed by atoms with Crippen LogP contribution in [0, 0.1) is 0 Å². The van der Waals surface area contributed by atoms with Crippen LogP contribution in [0.25, 0.3) is 11.3 Å². The van der Waals surface area contributed by atoms with Crippen LogP contribution in [0.3, 0.4) is 0 Å². The summed E-state index contributed by atoms with van der Waals surface area (Å²) in [4.78, 5) is 15.7. The van der Waals surface area contributed by atoms with Crippen LogP contribution < -0.4 is 9.47 Å². The van der Waals surface area contributed by atoms with Gasteiger partial charge in [0, 0.05) is 17.2 Å². The van der Waals surface area contributed by atoms with Crippen LogP contribution in [0.5, 0.6) is 11.5 Å². The molecule has 1 amide bonds. The Labute approximate surface area is 188 Å². The molecule has 2 aliphatic rings. The van der Waals surface area contributed by atoms with E-state index in [0.29, 0.717) is 24.7 Å². The fourth-order valence-corrected chi connectivity index (χ4v) is 5.11. The molecule has 2 aromatic carbocycles. The van der Waals surface area contributed by atoms with Gasteiger partial charge in [0.2, 0.25) is 0 Å². The number of ether oxygens (including phenoxy) is 2. The molecule has 1 aliphatic carbocycles. The second-order valence-corrected chi connectivity index (χ2v) is 8.35. The number of benzene rings is 2. The number of hydrogen-bond donors (Lipinski definition) is 1. The van der Waals surface area contributed by atoms with Crippen molar-refractivity contribution in [3.05, 3.63) is 65.4 Å². The maximum atomic E-state index is 13.6. The Morgan fingerprint density at radius 2 is 1.72 bits per heavy atom. The van der Waals surface area contributed by atoms with E-state index in [1.54, 1.807) is 0 Å². The van der Waals surface area contributed by atoms with Gasteiger partial charge in [-0.25, -0.2) is 0 Å². The largest absolute Gasteiger partial charge is 0.490 e. The number of aromatic amines is 1.